The SMILES string of the molecule is COC(=O)c1ccc(N2C(=O)NC(=O)/C(=C\c3cc(Br)ccc3OCc3cccc([N+](=O)[O-])c3)C2=O)cc1. The molecule has 3 aromatic carbocycles. The number of nitrogens with zero attached hydrogens (tertiary/aromatic N) is 2. The number of carbonyl (C=O) groups is 4. The van der Waals surface area contributed by atoms with Crippen molar-refractivity contribution in [2.75, 3.05) is 12.0 Å². The van der Waals surface area contributed by atoms with Crippen molar-refractivity contribution < 1.29 is 33.6 Å². The Labute approximate surface area is 223 Å². The Hall–Kier alpha value is -4.84. The van der Waals surface area contributed by atoms with E-state index in [1.54, 1.807) is 24.3 Å². The first-order chi connectivity index (χ1) is 18.2. The lowest BCUT2D eigenvalue weighted by Gasteiger charge is -2.26. The van der Waals surface area contributed by atoms with Crippen molar-refractivity contribution in [2.24, 2.45) is 0 Å². The molecule has 0 bridgehead atoms. The smallest absolute Gasteiger partial charge is 0.337 e. The number of nitro groups is 1. The number of methoxy groups -OCH3 is 1. The Bertz CT molecular complexity index is 1500. The second-order valence-electron chi connectivity index (χ2n) is 7.89. The first kappa shape index (κ1) is 26.2. The summed E-state index contributed by atoms with van der Waals surface area (Å²) in [6.45, 7) is -0.0171. The third-order valence-corrected chi connectivity index (χ3v) is 5.93. The van der Waals surface area contributed by atoms with Crippen LogP contribution in [0.15, 0.2) is 76.8 Å². The third kappa shape index (κ3) is 5.60. The molecule has 0 spiro atoms. The molecule has 1 aliphatic rings. The molecule has 1 N–H and O–H groups in total. The molecule has 192 valence electrons. The van der Waals surface area contributed by atoms with Gasteiger partial charge in [-0.25, -0.2) is 14.5 Å². The highest BCUT2D eigenvalue weighted by atomic mass is 79.9. The van der Waals surface area contributed by atoms with Gasteiger partial charge in [-0.05, 0) is 54.1 Å². The van der Waals surface area contributed by atoms with Crippen LogP contribution in [-0.2, 0) is 20.9 Å². The maximum absolute atomic E-state index is 13.3. The van der Waals surface area contributed by atoms with Crippen molar-refractivity contribution in [2.45, 2.75) is 6.61 Å². The van der Waals surface area contributed by atoms with E-state index in [4.69, 9.17) is 4.74 Å². The van der Waals surface area contributed by atoms with Crippen molar-refractivity contribution in [1.29, 1.82) is 0 Å². The van der Waals surface area contributed by atoms with Crippen LogP contribution in [0.1, 0.15) is 21.5 Å². The van der Waals surface area contributed by atoms with Crippen LogP contribution in [0.25, 0.3) is 6.08 Å². The van der Waals surface area contributed by atoms with Gasteiger partial charge in [0.15, 0.2) is 0 Å². The van der Waals surface area contributed by atoms with Crippen LogP contribution in [0, 0.1) is 10.1 Å². The molecule has 38 heavy (non-hydrogen) atoms. The van der Waals surface area contributed by atoms with E-state index in [9.17, 15) is 29.3 Å². The van der Waals surface area contributed by atoms with E-state index in [2.05, 4.69) is 26.0 Å². The highest BCUT2D eigenvalue weighted by molar-refractivity contribution is 9.10. The van der Waals surface area contributed by atoms with E-state index in [-0.39, 0.29) is 29.1 Å². The van der Waals surface area contributed by atoms with Gasteiger partial charge in [-0.15, -0.1) is 0 Å². The van der Waals surface area contributed by atoms with Gasteiger partial charge in [-0.3, -0.25) is 25.0 Å². The monoisotopic (exact) mass is 579 g/mol. The quantitative estimate of drug-likeness (QED) is 0.142. The summed E-state index contributed by atoms with van der Waals surface area (Å²) in [5.74, 6) is -2.08. The maximum atomic E-state index is 13.3. The summed E-state index contributed by atoms with van der Waals surface area (Å²) in [6.07, 6.45) is 1.29. The summed E-state index contributed by atoms with van der Waals surface area (Å²) >= 11 is 3.35. The molecule has 0 radical (unpaired) electrons. The number of imide groups is 2. The minimum absolute atomic E-state index is 0.0171. The van der Waals surface area contributed by atoms with Crippen LogP contribution in [0.2, 0.25) is 0 Å². The van der Waals surface area contributed by atoms with Crippen LogP contribution < -0.4 is 15.0 Å². The second kappa shape index (κ2) is 11.0. The number of nitrogens with one attached hydrogen (secondary N) is 1. The van der Waals surface area contributed by atoms with Gasteiger partial charge < -0.3 is 9.47 Å². The van der Waals surface area contributed by atoms with E-state index in [1.807, 2.05) is 0 Å². The number of hydrogen-bond acceptors (Lipinski definition) is 8. The topological polar surface area (TPSA) is 145 Å². The molecule has 4 rings (SSSR count). The van der Waals surface area contributed by atoms with E-state index in [0.29, 0.717) is 21.3 Å². The van der Waals surface area contributed by atoms with Crippen molar-refractivity contribution in [3.8, 4) is 5.75 Å². The van der Waals surface area contributed by atoms with E-state index in [1.165, 1.54) is 55.7 Å². The number of halogens is 1. The highest BCUT2D eigenvalue weighted by Crippen LogP contribution is 2.29. The number of urea groups is 1. The van der Waals surface area contributed by atoms with Gasteiger partial charge in [0.25, 0.3) is 17.5 Å². The standard InChI is InChI=1S/C26H18BrN3O8/c1-37-25(33)16-5-8-19(9-6-16)29-24(32)21(23(31)28-26(29)34)13-17-12-18(27)7-10-22(17)38-14-15-3-2-4-20(11-15)30(35)36/h2-13H,14H2,1H3,(H,28,31,34)/b21-13+. The molecule has 11 nitrogen and oxygen atoms in total. The molecule has 1 heterocycles. The minimum atomic E-state index is -0.945. The van der Waals surface area contributed by atoms with Crippen molar-refractivity contribution in [3.63, 3.8) is 0 Å². The lowest BCUT2D eigenvalue weighted by molar-refractivity contribution is -0.384. The predicted octanol–water partition coefficient (Wildman–Crippen LogP) is 4.39. The summed E-state index contributed by atoms with van der Waals surface area (Å²) in [6, 6.07) is 15.4. The zero-order chi connectivity index (χ0) is 27.4. The Morgan fingerprint density at radius 3 is 2.50 bits per heavy atom. The first-order valence-electron chi connectivity index (χ1n) is 10.9. The molecule has 3 aromatic rings. The molecule has 1 fully saturated rings. The van der Waals surface area contributed by atoms with Crippen LogP contribution in [0.4, 0.5) is 16.2 Å². The van der Waals surface area contributed by atoms with E-state index >= 15 is 0 Å². The fourth-order valence-corrected chi connectivity index (χ4v) is 3.98. The minimum Gasteiger partial charge on any atom is -0.488 e. The molecule has 0 atom stereocenters. The first-order valence-corrected chi connectivity index (χ1v) is 11.7. The summed E-state index contributed by atoms with van der Waals surface area (Å²) in [4.78, 5) is 61.4. The van der Waals surface area contributed by atoms with Gasteiger partial charge in [-0.1, -0.05) is 28.1 Å². The maximum Gasteiger partial charge on any atom is 0.337 e. The van der Waals surface area contributed by atoms with Crippen LogP contribution >= 0.6 is 15.9 Å². The number of hydrogen-bond donors (Lipinski definition) is 1. The molecule has 0 unspecified atom stereocenters. The van der Waals surface area contributed by atoms with E-state index in [0.717, 1.165) is 4.90 Å². The summed E-state index contributed by atoms with van der Waals surface area (Å²) in [5, 5.41) is 13.2. The van der Waals surface area contributed by atoms with E-state index < -0.39 is 28.7 Å². The van der Waals surface area contributed by atoms with Crippen molar-refractivity contribution in [3.05, 3.63) is 104 Å². The lowest BCUT2D eigenvalue weighted by atomic mass is 10.1. The van der Waals surface area contributed by atoms with Crippen LogP contribution in [0.5, 0.6) is 5.75 Å². The van der Waals surface area contributed by atoms with Gasteiger partial charge in [0.05, 0.1) is 23.3 Å². The zero-order valence-corrected chi connectivity index (χ0v) is 21.3. The zero-order valence-electron chi connectivity index (χ0n) is 19.7. The van der Waals surface area contributed by atoms with Gasteiger partial charge in [0.1, 0.15) is 17.9 Å². The fourth-order valence-electron chi connectivity index (χ4n) is 3.60. The average Bonchev–Trinajstić information content (AvgIpc) is 2.90. The number of esters is 1. The number of rotatable bonds is 7. The molecular formula is C26H18BrN3O8. The Balaban J connectivity index is 1.64. The molecule has 0 aliphatic carbocycles. The highest BCUT2D eigenvalue weighted by Gasteiger charge is 2.37. The lowest BCUT2D eigenvalue weighted by Crippen LogP contribution is -2.54. The number of ether oxygens (including phenoxy) is 2. The molecule has 12 heteroatoms. The number of anilines is 1. The van der Waals surface area contributed by atoms with Gasteiger partial charge in [-0.2, -0.15) is 0 Å². The number of amides is 4. The molecule has 0 saturated carbocycles. The molecule has 1 saturated heterocycles. The number of nitro benzene ring substituents is 1. The summed E-state index contributed by atoms with van der Waals surface area (Å²) in [5.41, 5.74) is 0.818. The molecular weight excluding hydrogens is 562 g/mol. The molecule has 0 aromatic heterocycles. The normalized spacial score (nSPS) is 14.3. The third-order valence-electron chi connectivity index (χ3n) is 5.44. The van der Waals surface area contributed by atoms with Crippen LogP contribution in [-0.4, -0.2) is 35.8 Å². The van der Waals surface area contributed by atoms with Gasteiger partial charge in [0, 0.05) is 22.2 Å². The summed E-state index contributed by atoms with van der Waals surface area (Å²) in [7, 11) is 1.23. The Kier molecular flexibility index (Phi) is 7.63. The van der Waals surface area contributed by atoms with Crippen molar-refractivity contribution in [1.82, 2.24) is 5.32 Å². The number of non-ortho nitro benzene ring substituents is 1. The van der Waals surface area contributed by atoms with Crippen molar-refractivity contribution >= 4 is 57.2 Å². The van der Waals surface area contributed by atoms with Crippen LogP contribution in [0.3, 0.4) is 0 Å². The molecule has 1 aliphatic heterocycles. The average molecular weight is 580 g/mol. The Morgan fingerprint density at radius 1 is 1.08 bits per heavy atom. The number of benzene rings is 3. The largest absolute Gasteiger partial charge is 0.488 e. The van der Waals surface area contributed by atoms with Gasteiger partial charge >= 0.3 is 12.0 Å². The van der Waals surface area contributed by atoms with Gasteiger partial charge in [0.2, 0.25) is 0 Å². The summed E-state index contributed by atoms with van der Waals surface area (Å²) < 4.78 is 11.1. The fraction of sp³-hybridized carbons (Fsp3) is 0.0769. The predicted molar refractivity (Wildman–Crippen MR) is 138 cm³/mol. The number of barbiturate groups is 1. The Morgan fingerprint density at radius 2 is 1.82 bits per heavy atom. The molecule has 4 amide bonds. The second-order valence-corrected chi connectivity index (χ2v) is 8.81. The number of carbonyl (C=O) groups excluding carboxylic acids is 4.